The Morgan fingerprint density at radius 3 is 2.75 bits per heavy atom. The van der Waals surface area contributed by atoms with Crippen LogP contribution in [0.2, 0.25) is 0 Å². The quantitative estimate of drug-likeness (QED) is 0.778. The van der Waals surface area contributed by atoms with Crippen molar-refractivity contribution in [3.8, 4) is 0 Å². The number of hydrogen-bond donors (Lipinski definition) is 1. The molecule has 0 aromatic heterocycles. The number of rotatable bonds is 2. The van der Waals surface area contributed by atoms with Crippen molar-refractivity contribution in [2.45, 2.75) is 64.5 Å². The van der Waals surface area contributed by atoms with Gasteiger partial charge >= 0.3 is 0 Å². The van der Waals surface area contributed by atoms with Gasteiger partial charge in [-0.05, 0) is 25.2 Å². The fourth-order valence-corrected chi connectivity index (χ4v) is 3.31. The lowest BCUT2D eigenvalue weighted by Crippen LogP contribution is -2.50. The Hall–Kier alpha value is -0.120. The molecule has 3 heteroatoms. The van der Waals surface area contributed by atoms with Crippen molar-refractivity contribution in [3.05, 3.63) is 0 Å². The van der Waals surface area contributed by atoms with Crippen LogP contribution in [0.15, 0.2) is 0 Å². The maximum Gasteiger partial charge on any atom is 0.0503 e. The Kier molecular flexibility index (Phi) is 3.57. The van der Waals surface area contributed by atoms with Gasteiger partial charge in [-0.3, -0.25) is 0 Å². The van der Waals surface area contributed by atoms with Gasteiger partial charge in [-0.15, -0.1) is 0 Å². The van der Waals surface area contributed by atoms with Crippen molar-refractivity contribution >= 4 is 0 Å². The highest BCUT2D eigenvalue weighted by Gasteiger charge is 2.45. The van der Waals surface area contributed by atoms with Crippen LogP contribution in [0, 0.1) is 5.92 Å². The molecule has 2 rings (SSSR count). The second kappa shape index (κ2) is 4.63. The van der Waals surface area contributed by atoms with Crippen LogP contribution in [0.4, 0.5) is 0 Å². The van der Waals surface area contributed by atoms with E-state index in [2.05, 4.69) is 43.4 Å². The third kappa shape index (κ3) is 2.01. The molecule has 1 N–H and O–H groups in total. The Morgan fingerprint density at radius 1 is 1.38 bits per heavy atom. The monoisotopic (exact) mass is 225 g/mol. The molecular weight excluding hydrogens is 198 g/mol. The Labute approximate surface area is 100 Å². The summed E-state index contributed by atoms with van der Waals surface area (Å²) in [5.41, 5.74) is 4.05. The lowest BCUT2D eigenvalue weighted by Gasteiger charge is -2.35. The van der Waals surface area contributed by atoms with Gasteiger partial charge in [-0.2, -0.15) is 5.12 Å². The summed E-state index contributed by atoms with van der Waals surface area (Å²) in [5, 5.41) is 4.82. The van der Waals surface area contributed by atoms with Crippen molar-refractivity contribution in [1.82, 2.24) is 15.6 Å². The second-order valence-electron chi connectivity index (χ2n) is 5.85. The first-order chi connectivity index (χ1) is 7.59. The molecule has 2 aliphatic rings. The van der Waals surface area contributed by atoms with E-state index in [0.717, 1.165) is 6.04 Å². The molecule has 0 aromatic rings. The molecule has 2 aliphatic heterocycles. The van der Waals surface area contributed by atoms with E-state index in [0.29, 0.717) is 11.5 Å². The summed E-state index contributed by atoms with van der Waals surface area (Å²) in [6.07, 6.45) is 6.71. The van der Waals surface area contributed by atoms with Crippen LogP contribution in [-0.2, 0) is 0 Å². The highest BCUT2D eigenvalue weighted by Crippen LogP contribution is 2.35. The number of nitrogens with zero attached hydrogens (tertiary/aromatic N) is 2. The molecule has 16 heavy (non-hydrogen) atoms. The van der Waals surface area contributed by atoms with Crippen LogP contribution < -0.4 is 5.43 Å². The minimum atomic E-state index is 0.322. The van der Waals surface area contributed by atoms with E-state index in [9.17, 15) is 0 Å². The Balaban J connectivity index is 2.19. The van der Waals surface area contributed by atoms with Gasteiger partial charge in [0.25, 0.3) is 0 Å². The van der Waals surface area contributed by atoms with Gasteiger partial charge in [0.2, 0.25) is 0 Å². The van der Waals surface area contributed by atoms with E-state index >= 15 is 0 Å². The van der Waals surface area contributed by atoms with Gasteiger partial charge in [-0.1, -0.05) is 33.6 Å². The predicted molar refractivity (Wildman–Crippen MR) is 67.7 cm³/mol. The normalized spacial score (nSPS) is 41.1. The third-order valence-electron chi connectivity index (χ3n) is 4.62. The van der Waals surface area contributed by atoms with Crippen molar-refractivity contribution in [3.63, 3.8) is 0 Å². The maximum atomic E-state index is 3.73. The largest absolute Gasteiger partial charge is 0.234 e. The Bertz CT molecular complexity index is 241. The smallest absolute Gasteiger partial charge is 0.0503 e. The highest BCUT2D eigenvalue weighted by atomic mass is 15.8. The molecule has 2 fully saturated rings. The van der Waals surface area contributed by atoms with Crippen molar-refractivity contribution in [1.29, 1.82) is 0 Å². The average molecular weight is 225 g/mol. The summed E-state index contributed by atoms with van der Waals surface area (Å²) in [4.78, 5) is 0. The predicted octanol–water partition coefficient (Wildman–Crippen LogP) is 2.40. The molecular formula is C13H27N3. The van der Waals surface area contributed by atoms with Crippen molar-refractivity contribution in [2.75, 3.05) is 13.6 Å². The summed E-state index contributed by atoms with van der Waals surface area (Å²) in [7, 11) is 2.18. The molecule has 2 saturated heterocycles. The summed E-state index contributed by atoms with van der Waals surface area (Å²) >= 11 is 0. The lowest BCUT2D eigenvalue weighted by molar-refractivity contribution is -0.0270. The minimum absolute atomic E-state index is 0.322. The molecule has 94 valence electrons. The first kappa shape index (κ1) is 12.3. The average Bonchev–Trinajstić information content (AvgIpc) is 2.56. The summed E-state index contributed by atoms with van der Waals surface area (Å²) < 4.78 is 0. The fraction of sp³-hybridized carbons (Fsp3) is 1.00. The molecule has 3 atom stereocenters. The van der Waals surface area contributed by atoms with E-state index in [1.807, 2.05) is 0 Å². The number of fused-ring (bicyclic) bond motifs is 2. The SMILES string of the molecule is CCC1CCCCC2(C(C)C)CN1N(C)N2. The van der Waals surface area contributed by atoms with Crippen molar-refractivity contribution in [2.24, 2.45) is 5.92 Å². The van der Waals surface area contributed by atoms with Gasteiger partial charge in [0.15, 0.2) is 0 Å². The summed E-state index contributed by atoms with van der Waals surface area (Å²) in [6, 6.07) is 0.735. The zero-order valence-electron chi connectivity index (χ0n) is 11.3. The lowest BCUT2D eigenvalue weighted by atomic mass is 9.81. The van der Waals surface area contributed by atoms with E-state index < -0.39 is 0 Å². The van der Waals surface area contributed by atoms with Crippen LogP contribution >= 0.6 is 0 Å². The minimum Gasteiger partial charge on any atom is -0.234 e. The molecule has 0 aliphatic carbocycles. The Morgan fingerprint density at radius 2 is 2.12 bits per heavy atom. The fourth-order valence-electron chi connectivity index (χ4n) is 3.31. The topological polar surface area (TPSA) is 18.5 Å². The van der Waals surface area contributed by atoms with Gasteiger partial charge in [0.1, 0.15) is 0 Å². The van der Waals surface area contributed by atoms with E-state index in [-0.39, 0.29) is 0 Å². The van der Waals surface area contributed by atoms with Gasteiger partial charge in [0, 0.05) is 19.6 Å². The molecule has 2 heterocycles. The standard InChI is InChI=1S/C13H27N3/c1-5-12-8-6-7-9-13(11(2)3)10-16(12)15(4)14-13/h11-12,14H,5-10H2,1-4H3. The molecule has 0 amide bonds. The van der Waals surface area contributed by atoms with E-state index in [1.54, 1.807) is 0 Å². The number of hydrazine groups is 2. The van der Waals surface area contributed by atoms with Crippen LogP contribution in [0.5, 0.6) is 0 Å². The third-order valence-corrected chi connectivity index (χ3v) is 4.62. The zero-order valence-corrected chi connectivity index (χ0v) is 11.3. The molecule has 0 saturated carbocycles. The molecule has 0 aromatic carbocycles. The van der Waals surface area contributed by atoms with Gasteiger partial charge < -0.3 is 0 Å². The molecule has 3 unspecified atom stereocenters. The van der Waals surface area contributed by atoms with Crippen LogP contribution in [0.1, 0.15) is 52.9 Å². The van der Waals surface area contributed by atoms with Gasteiger partial charge in [-0.25, -0.2) is 10.4 Å². The first-order valence-corrected chi connectivity index (χ1v) is 6.87. The first-order valence-electron chi connectivity index (χ1n) is 6.87. The summed E-state index contributed by atoms with van der Waals surface area (Å²) in [5.74, 6) is 0.704. The summed E-state index contributed by atoms with van der Waals surface area (Å²) in [6.45, 7) is 8.22. The maximum absolute atomic E-state index is 3.73. The molecule has 3 nitrogen and oxygen atoms in total. The number of nitrogens with one attached hydrogen (secondary N) is 1. The second-order valence-corrected chi connectivity index (χ2v) is 5.85. The number of hydrogen-bond acceptors (Lipinski definition) is 3. The molecule has 2 bridgehead atoms. The van der Waals surface area contributed by atoms with E-state index in [1.165, 1.54) is 38.6 Å². The van der Waals surface area contributed by atoms with Gasteiger partial charge in [0.05, 0.1) is 5.54 Å². The van der Waals surface area contributed by atoms with Crippen LogP contribution in [0.3, 0.4) is 0 Å². The molecule has 0 radical (unpaired) electrons. The molecule has 0 spiro atoms. The van der Waals surface area contributed by atoms with E-state index in [4.69, 9.17) is 0 Å². The van der Waals surface area contributed by atoms with Crippen LogP contribution in [-0.4, -0.2) is 35.3 Å². The highest BCUT2D eigenvalue weighted by molar-refractivity contribution is 4.98. The van der Waals surface area contributed by atoms with Crippen molar-refractivity contribution < 1.29 is 0 Å². The van der Waals surface area contributed by atoms with Crippen LogP contribution in [0.25, 0.3) is 0 Å². The zero-order chi connectivity index (χ0) is 11.8.